The fourth-order valence-electron chi connectivity index (χ4n) is 3.95. The van der Waals surface area contributed by atoms with Gasteiger partial charge >= 0.3 is 0 Å². The van der Waals surface area contributed by atoms with Crippen LogP contribution in [0.25, 0.3) is 22.4 Å². The van der Waals surface area contributed by atoms with Gasteiger partial charge in [-0.25, -0.2) is 14.5 Å². The Hall–Kier alpha value is -3.20. The number of hydrogen-bond acceptors (Lipinski definition) is 7. The number of ether oxygens (including phenoxy) is 1. The minimum atomic E-state index is -0.569. The maximum absolute atomic E-state index is 10.2. The molecule has 0 unspecified atom stereocenters. The number of methoxy groups -OCH3 is 1. The average Bonchev–Trinajstić information content (AvgIpc) is 3.35. The molecule has 0 aromatic carbocycles. The van der Waals surface area contributed by atoms with Gasteiger partial charge in [0.05, 0.1) is 12.7 Å². The van der Waals surface area contributed by atoms with E-state index in [1.807, 2.05) is 36.0 Å². The van der Waals surface area contributed by atoms with Crippen LogP contribution in [-0.2, 0) is 0 Å². The predicted octanol–water partition coefficient (Wildman–Crippen LogP) is 2.55. The molecule has 0 radical (unpaired) electrons. The lowest BCUT2D eigenvalue weighted by Crippen LogP contribution is -2.36. The lowest BCUT2D eigenvalue weighted by atomic mass is 9.84. The molecule has 9 nitrogen and oxygen atoms in total. The number of aromatic nitrogens is 6. The summed E-state index contributed by atoms with van der Waals surface area (Å²) in [6.07, 6.45) is 12.5. The molecular weight excluding hydrogens is 370 g/mol. The normalized spacial score (nSPS) is 22.2. The Morgan fingerprint density at radius 3 is 2.86 bits per heavy atom. The van der Waals surface area contributed by atoms with Gasteiger partial charge in [-0.05, 0) is 38.7 Å². The van der Waals surface area contributed by atoms with Gasteiger partial charge in [0.1, 0.15) is 5.52 Å². The quantitative estimate of drug-likeness (QED) is 0.549. The third-order valence-corrected chi connectivity index (χ3v) is 5.62. The second kappa shape index (κ2) is 6.70. The lowest BCUT2D eigenvalue weighted by Gasteiger charge is -2.33. The van der Waals surface area contributed by atoms with Gasteiger partial charge in [0, 0.05) is 48.2 Å². The molecule has 5 rings (SSSR count). The Kier molecular flexibility index (Phi) is 4.13. The molecule has 0 aliphatic heterocycles. The van der Waals surface area contributed by atoms with Crippen LogP contribution in [0.4, 0.5) is 5.95 Å². The highest BCUT2D eigenvalue weighted by atomic mass is 16.5. The predicted molar refractivity (Wildman–Crippen MR) is 108 cm³/mol. The van der Waals surface area contributed by atoms with Crippen LogP contribution >= 0.6 is 0 Å². The zero-order valence-electron chi connectivity index (χ0n) is 16.4. The molecule has 0 saturated heterocycles. The summed E-state index contributed by atoms with van der Waals surface area (Å²) in [6, 6.07) is 2.22. The number of anilines is 1. The fraction of sp³-hybridized carbons (Fsp3) is 0.400. The van der Waals surface area contributed by atoms with Gasteiger partial charge in [-0.1, -0.05) is 0 Å². The summed E-state index contributed by atoms with van der Waals surface area (Å²) in [5.74, 6) is 1.67. The monoisotopic (exact) mass is 393 g/mol. The molecule has 2 N–H and O–H groups in total. The first kappa shape index (κ1) is 17.9. The van der Waals surface area contributed by atoms with E-state index in [1.165, 1.54) is 0 Å². The number of imidazole rings is 1. The summed E-state index contributed by atoms with van der Waals surface area (Å²) in [5.41, 5.74) is 2.08. The smallest absolute Gasteiger partial charge is 0.244 e. The zero-order chi connectivity index (χ0) is 20.0. The SMILES string of the molecule is COc1nc(N[C@H]2CC[C@](C)(O)CC2)nn2ccc(-c3cnc4nccn4c3)c12. The van der Waals surface area contributed by atoms with Gasteiger partial charge in [0.25, 0.3) is 0 Å². The number of nitrogens with one attached hydrogen (secondary N) is 1. The first-order chi connectivity index (χ1) is 14.0. The second-order valence-corrected chi connectivity index (χ2v) is 7.86. The van der Waals surface area contributed by atoms with Crippen molar-refractivity contribution in [3.8, 4) is 17.0 Å². The van der Waals surface area contributed by atoms with Crippen molar-refractivity contribution in [1.29, 1.82) is 0 Å². The Balaban J connectivity index is 1.49. The first-order valence-electron chi connectivity index (χ1n) is 9.74. The van der Waals surface area contributed by atoms with Gasteiger partial charge < -0.3 is 15.2 Å². The van der Waals surface area contributed by atoms with E-state index in [4.69, 9.17) is 4.74 Å². The standard InChI is InChI=1S/C20H23N7O2/c1-20(28)6-3-14(4-7-20)23-18-24-17(29-2)16-15(5-9-27(16)25-18)13-11-22-19-21-8-10-26(19)12-13/h5,8-12,14,28H,3-4,6-7H2,1-2H3,(H,23,25)/t14-,20-. The van der Waals surface area contributed by atoms with E-state index in [-0.39, 0.29) is 6.04 Å². The molecule has 0 bridgehead atoms. The van der Waals surface area contributed by atoms with Crippen molar-refractivity contribution in [1.82, 2.24) is 29.0 Å². The van der Waals surface area contributed by atoms with Crippen LogP contribution in [0, 0.1) is 0 Å². The number of fused-ring (bicyclic) bond motifs is 2. The average molecular weight is 393 g/mol. The van der Waals surface area contributed by atoms with Crippen LogP contribution in [0.5, 0.6) is 5.88 Å². The van der Waals surface area contributed by atoms with Crippen LogP contribution in [-0.4, -0.2) is 52.8 Å². The summed E-state index contributed by atoms with van der Waals surface area (Å²) in [5, 5.41) is 18.2. The van der Waals surface area contributed by atoms with Gasteiger partial charge in [-0.15, -0.1) is 5.10 Å². The molecule has 150 valence electrons. The molecule has 0 atom stereocenters. The number of aliphatic hydroxyl groups is 1. The van der Waals surface area contributed by atoms with Crippen LogP contribution in [0.2, 0.25) is 0 Å². The summed E-state index contributed by atoms with van der Waals surface area (Å²) in [7, 11) is 1.61. The Morgan fingerprint density at radius 1 is 1.24 bits per heavy atom. The molecule has 1 saturated carbocycles. The molecule has 9 heteroatoms. The van der Waals surface area contributed by atoms with E-state index in [0.717, 1.165) is 42.3 Å². The summed E-state index contributed by atoms with van der Waals surface area (Å²) >= 11 is 0. The minimum absolute atomic E-state index is 0.236. The summed E-state index contributed by atoms with van der Waals surface area (Å²) in [6.45, 7) is 1.89. The minimum Gasteiger partial charge on any atom is -0.479 e. The lowest BCUT2D eigenvalue weighted by molar-refractivity contribution is 0.0195. The molecule has 0 amide bonds. The van der Waals surface area contributed by atoms with Crippen molar-refractivity contribution in [2.75, 3.05) is 12.4 Å². The van der Waals surface area contributed by atoms with Crippen LogP contribution in [0.15, 0.2) is 37.1 Å². The largest absolute Gasteiger partial charge is 0.479 e. The Labute approximate surface area is 167 Å². The molecule has 4 aromatic heterocycles. The number of rotatable bonds is 4. The van der Waals surface area contributed by atoms with Gasteiger partial charge in [-0.3, -0.25) is 4.40 Å². The third kappa shape index (κ3) is 3.27. The molecule has 4 heterocycles. The molecule has 1 aliphatic rings. The molecule has 1 fully saturated rings. The van der Waals surface area contributed by atoms with E-state index in [0.29, 0.717) is 17.6 Å². The third-order valence-electron chi connectivity index (χ3n) is 5.62. The molecule has 4 aromatic rings. The van der Waals surface area contributed by atoms with Crippen LogP contribution < -0.4 is 10.1 Å². The van der Waals surface area contributed by atoms with Crippen molar-refractivity contribution in [2.24, 2.45) is 0 Å². The summed E-state index contributed by atoms with van der Waals surface area (Å²) in [4.78, 5) is 13.2. The summed E-state index contributed by atoms with van der Waals surface area (Å²) < 4.78 is 9.25. The molecular formula is C20H23N7O2. The van der Waals surface area contributed by atoms with Crippen molar-refractivity contribution in [3.63, 3.8) is 0 Å². The van der Waals surface area contributed by atoms with Crippen LogP contribution in [0.1, 0.15) is 32.6 Å². The van der Waals surface area contributed by atoms with Crippen molar-refractivity contribution in [3.05, 3.63) is 37.1 Å². The highest BCUT2D eigenvalue weighted by molar-refractivity contribution is 5.84. The van der Waals surface area contributed by atoms with Crippen LogP contribution in [0.3, 0.4) is 0 Å². The highest BCUT2D eigenvalue weighted by Gasteiger charge is 2.29. The molecule has 29 heavy (non-hydrogen) atoms. The topological polar surface area (TPSA) is 102 Å². The van der Waals surface area contributed by atoms with Crippen molar-refractivity contribution >= 4 is 17.2 Å². The maximum atomic E-state index is 10.2. The van der Waals surface area contributed by atoms with Gasteiger partial charge in [0.2, 0.25) is 17.6 Å². The van der Waals surface area contributed by atoms with E-state index >= 15 is 0 Å². The highest BCUT2D eigenvalue weighted by Crippen LogP contribution is 2.32. The van der Waals surface area contributed by atoms with Gasteiger partial charge in [-0.2, -0.15) is 4.98 Å². The Morgan fingerprint density at radius 2 is 2.07 bits per heavy atom. The van der Waals surface area contributed by atoms with Crippen molar-refractivity contribution < 1.29 is 9.84 Å². The Bertz CT molecular complexity index is 1170. The maximum Gasteiger partial charge on any atom is 0.244 e. The van der Waals surface area contributed by atoms with E-state index in [1.54, 1.807) is 24.0 Å². The van der Waals surface area contributed by atoms with Crippen molar-refractivity contribution in [2.45, 2.75) is 44.2 Å². The number of nitrogens with zero attached hydrogens (tertiary/aromatic N) is 6. The van der Waals surface area contributed by atoms with E-state index < -0.39 is 5.60 Å². The van der Waals surface area contributed by atoms with Gasteiger partial charge in [0.15, 0.2) is 0 Å². The molecule has 0 spiro atoms. The second-order valence-electron chi connectivity index (χ2n) is 7.86. The van der Waals surface area contributed by atoms with E-state index in [9.17, 15) is 5.11 Å². The zero-order valence-corrected chi connectivity index (χ0v) is 16.4. The van der Waals surface area contributed by atoms with E-state index in [2.05, 4.69) is 25.4 Å². The fourth-order valence-corrected chi connectivity index (χ4v) is 3.95. The first-order valence-corrected chi connectivity index (χ1v) is 9.74. The number of hydrogen-bond donors (Lipinski definition) is 2. The molecule has 1 aliphatic carbocycles.